The molecule has 1 heterocycles. The molecule has 1 atom stereocenters. The molecule has 0 radical (unpaired) electrons. The van der Waals surface area contributed by atoms with E-state index in [2.05, 4.69) is 5.32 Å². The zero-order chi connectivity index (χ0) is 20.1. The van der Waals surface area contributed by atoms with Crippen molar-refractivity contribution >= 4 is 29.3 Å². The highest BCUT2D eigenvalue weighted by Gasteiger charge is 2.25. The number of ether oxygens (including phenoxy) is 2. The van der Waals surface area contributed by atoms with Crippen molar-refractivity contribution in [3.8, 4) is 11.5 Å². The molecule has 6 nitrogen and oxygen atoms in total. The van der Waals surface area contributed by atoms with Crippen LogP contribution in [0.2, 0.25) is 0 Å². The van der Waals surface area contributed by atoms with Gasteiger partial charge >= 0.3 is 0 Å². The zero-order valence-electron chi connectivity index (χ0n) is 16.2. The van der Waals surface area contributed by atoms with Gasteiger partial charge in [-0.1, -0.05) is 12.1 Å². The molecular weight excluding hydrogens is 376 g/mol. The van der Waals surface area contributed by atoms with Gasteiger partial charge in [0.1, 0.15) is 11.5 Å². The lowest BCUT2D eigenvalue weighted by Gasteiger charge is -2.29. The first kappa shape index (κ1) is 20.1. The molecule has 2 aromatic rings. The second-order valence-corrected chi connectivity index (χ2v) is 7.47. The normalized spacial score (nSPS) is 14.2. The summed E-state index contributed by atoms with van der Waals surface area (Å²) in [4.78, 5) is 27.6. The Balaban J connectivity index is 1.64. The standard InChI is InChI=1S/C21H24N2O4S/c1-14(16-12-15(26-2)8-9-18(16)27-3)22-20(24)10-11-23-17-6-4-5-7-19(17)28-13-21(23)25/h4-9,12,14H,10-11,13H2,1-3H3,(H,22,24)/t14-/m1/s1. The van der Waals surface area contributed by atoms with Crippen LogP contribution < -0.4 is 19.7 Å². The average molecular weight is 401 g/mol. The van der Waals surface area contributed by atoms with Crippen molar-refractivity contribution in [1.82, 2.24) is 5.32 Å². The summed E-state index contributed by atoms with van der Waals surface area (Å²) >= 11 is 1.53. The first-order valence-electron chi connectivity index (χ1n) is 9.07. The van der Waals surface area contributed by atoms with Crippen LogP contribution in [0.1, 0.15) is 24.9 Å². The predicted octanol–water partition coefficient (Wildman–Crippen LogP) is 3.41. The molecule has 3 rings (SSSR count). The summed E-state index contributed by atoms with van der Waals surface area (Å²) in [6.45, 7) is 2.25. The highest BCUT2D eigenvalue weighted by molar-refractivity contribution is 8.00. The van der Waals surface area contributed by atoms with Gasteiger partial charge in [0.05, 0.1) is 31.7 Å². The first-order chi connectivity index (χ1) is 13.5. The highest BCUT2D eigenvalue weighted by Crippen LogP contribution is 2.35. The number of carbonyl (C=O) groups is 2. The smallest absolute Gasteiger partial charge is 0.237 e. The Morgan fingerprint density at radius 3 is 2.75 bits per heavy atom. The molecule has 2 aromatic carbocycles. The van der Waals surface area contributed by atoms with Crippen LogP contribution in [0.4, 0.5) is 5.69 Å². The Bertz CT molecular complexity index is 871. The van der Waals surface area contributed by atoms with Crippen LogP contribution in [-0.2, 0) is 9.59 Å². The lowest BCUT2D eigenvalue weighted by molar-refractivity contribution is -0.121. The van der Waals surface area contributed by atoms with Gasteiger partial charge in [0, 0.05) is 23.4 Å². The third-order valence-electron chi connectivity index (χ3n) is 4.65. The summed E-state index contributed by atoms with van der Waals surface area (Å²) in [5.41, 5.74) is 1.71. The minimum absolute atomic E-state index is 0.0269. The summed E-state index contributed by atoms with van der Waals surface area (Å²) in [6.07, 6.45) is 0.224. The lowest BCUT2D eigenvalue weighted by Crippen LogP contribution is -2.38. The van der Waals surface area contributed by atoms with E-state index >= 15 is 0 Å². The van der Waals surface area contributed by atoms with Crippen LogP contribution in [0.3, 0.4) is 0 Å². The number of amides is 2. The van der Waals surface area contributed by atoms with Crippen LogP contribution in [-0.4, -0.2) is 38.3 Å². The zero-order valence-corrected chi connectivity index (χ0v) is 17.0. The van der Waals surface area contributed by atoms with Gasteiger partial charge in [0.25, 0.3) is 0 Å². The van der Waals surface area contributed by atoms with Crippen LogP contribution in [0.25, 0.3) is 0 Å². The maximum absolute atomic E-state index is 12.5. The number of rotatable bonds is 7. The molecule has 7 heteroatoms. The second-order valence-electron chi connectivity index (χ2n) is 6.45. The number of hydrogen-bond donors (Lipinski definition) is 1. The van der Waals surface area contributed by atoms with Crippen LogP contribution >= 0.6 is 11.8 Å². The maximum atomic E-state index is 12.5. The number of benzene rings is 2. The van der Waals surface area contributed by atoms with Gasteiger partial charge in [-0.25, -0.2) is 0 Å². The van der Waals surface area contributed by atoms with Gasteiger partial charge in [-0.2, -0.15) is 0 Å². The number of nitrogens with zero attached hydrogens (tertiary/aromatic N) is 1. The van der Waals surface area contributed by atoms with Crippen molar-refractivity contribution in [2.24, 2.45) is 0 Å². The molecule has 1 aliphatic rings. The monoisotopic (exact) mass is 400 g/mol. The molecule has 148 valence electrons. The molecule has 1 aliphatic heterocycles. The van der Waals surface area contributed by atoms with E-state index in [1.54, 1.807) is 19.1 Å². The van der Waals surface area contributed by atoms with Gasteiger partial charge in [0.2, 0.25) is 11.8 Å². The molecule has 1 N–H and O–H groups in total. The average Bonchev–Trinajstić information content (AvgIpc) is 2.72. The molecule has 0 aromatic heterocycles. The van der Waals surface area contributed by atoms with Crippen molar-refractivity contribution in [3.63, 3.8) is 0 Å². The Morgan fingerprint density at radius 1 is 1.21 bits per heavy atom. The van der Waals surface area contributed by atoms with E-state index in [0.717, 1.165) is 16.1 Å². The largest absolute Gasteiger partial charge is 0.497 e. The number of nitrogens with one attached hydrogen (secondary N) is 1. The quantitative estimate of drug-likeness (QED) is 0.771. The fraction of sp³-hybridized carbons (Fsp3) is 0.333. The molecule has 2 amide bonds. The third kappa shape index (κ3) is 4.42. The number of thioether (sulfide) groups is 1. The van der Waals surface area contributed by atoms with Crippen molar-refractivity contribution < 1.29 is 19.1 Å². The summed E-state index contributed by atoms with van der Waals surface area (Å²) in [5, 5.41) is 2.98. The van der Waals surface area contributed by atoms with Crippen molar-refractivity contribution in [2.75, 3.05) is 31.4 Å². The molecule has 0 saturated carbocycles. The van der Waals surface area contributed by atoms with Gasteiger partial charge in [-0.3, -0.25) is 9.59 Å². The number of anilines is 1. The predicted molar refractivity (Wildman–Crippen MR) is 110 cm³/mol. The van der Waals surface area contributed by atoms with E-state index in [1.165, 1.54) is 11.8 Å². The van der Waals surface area contributed by atoms with Crippen LogP contribution in [0.5, 0.6) is 11.5 Å². The minimum Gasteiger partial charge on any atom is -0.497 e. The van der Waals surface area contributed by atoms with E-state index in [4.69, 9.17) is 9.47 Å². The highest BCUT2D eigenvalue weighted by atomic mass is 32.2. The molecule has 0 saturated heterocycles. The topological polar surface area (TPSA) is 67.9 Å². The van der Waals surface area contributed by atoms with Crippen molar-refractivity contribution in [3.05, 3.63) is 48.0 Å². The summed E-state index contributed by atoms with van der Waals surface area (Å²) in [7, 11) is 3.19. The number of hydrogen-bond acceptors (Lipinski definition) is 5. The summed E-state index contributed by atoms with van der Waals surface area (Å²) in [6, 6.07) is 13.0. The molecular formula is C21H24N2O4S. The van der Waals surface area contributed by atoms with Gasteiger partial charge in [-0.05, 0) is 37.3 Å². The Hall–Kier alpha value is -2.67. The minimum atomic E-state index is -0.252. The van der Waals surface area contributed by atoms with Gasteiger partial charge in [-0.15, -0.1) is 11.8 Å². The fourth-order valence-corrected chi connectivity index (χ4v) is 4.12. The second kappa shape index (κ2) is 9.01. The lowest BCUT2D eigenvalue weighted by atomic mass is 10.1. The molecule has 0 aliphatic carbocycles. The van der Waals surface area contributed by atoms with Crippen LogP contribution in [0.15, 0.2) is 47.4 Å². The van der Waals surface area contributed by atoms with E-state index < -0.39 is 0 Å². The molecule has 0 unspecified atom stereocenters. The van der Waals surface area contributed by atoms with E-state index in [-0.39, 0.29) is 24.3 Å². The molecule has 0 bridgehead atoms. The summed E-state index contributed by atoms with van der Waals surface area (Å²) in [5.74, 6) is 1.69. The number of carbonyl (C=O) groups excluding carboxylic acids is 2. The van der Waals surface area contributed by atoms with Gasteiger partial charge in [0.15, 0.2) is 0 Å². The van der Waals surface area contributed by atoms with Crippen molar-refractivity contribution in [2.45, 2.75) is 24.3 Å². The van der Waals surface area contributed by atoms with Gasteiger partial charge < -0.3 is 19.7 Å². The Labute approximate surface area is 169 Å². The Kier molecular flexibility index (Phi) is 6.46. The number of fused-ring (bicyclic) bond motifs is 1. The Morgan fingerprint density at radius 2 is 2.00 bits per heavy atom. The van der Waals surface area contributed by atoms with Crippen LogP contribution in [0, 0.1) is 0 Å². The summed E-state index contributed by atoms with van der Waals surface area (Å²) < 4.78 is 10.7. The SMILES string of the molecule is COc1ccc(OC)c([C@@H](C)NC(=O)CCN2C(=O)CSc3ccccc32)c1. The van der Waals surface area contributed by atoms with E-state index in [1.807, 2.05) is 49.4 Å². The van der Waals surface area contributed by atoms with Crippen molar-refractivity contribution in [1.29, 1.82) is 0 Å². The van der Waals surface area contributed by atoms with E-state index in [0.29, 0.717) is 23.8 Å². The molecule has 0 fully saturated rings. The number of methoxy groups -OCH3 is 2. The van der Waals surface area contributed by atoms with E-state index in [9.17, 15) is 9.59 Å². The fourth-order valence-electron chi connectivity index (χ4n) is 3.18. The third-order valence-corrected chi connectivity index (χ3v) is 5.70. The molecule has 28 heavy (non-hydrogen) atoms. The maximum Gasteiger partial charge on any atom is 0.237 e. The number of para-hydroxylation sites is 1. The first-order valence-corrected chi connectivity index (χ1v) is 10.1. The molecule has 0 spiro atoms.